The molecule has 1 amide bonds. The van der Waals surface area contributed by atoms with Crippen molar-refractivity contribution >= 4 is 22.6 Å². The average molecular weight is 385 g/mol. The van der Waals surface area contributed by atoms with Gasteiger partial charge in [-0.25, -0.2) is 4.98 Å². The van der Waals surface area contributed by atoms with Crippen molar-refractivity contribution in [3.8, 4) is 11.3 Å². The number of anilines is 1. The molecule has 0 fully saturated rings. The first-order valence-electron chi connectivity index (χ1n) is 9.47. The average Bonchev–Trinajstić information content (AvgIpc) is 3.12. The second-order valence-electron chi connectivity index (χ2n) is 7.35. The van der Waals surface area contributed by atoms with Gasteiger partial charge in [-0.2, -0.15) is 5.10 Å². The normalized spacial score (nSPS) is 11.1. The van der Waals surface area contributed by atoms with E-state index in [0.717, 1.165) is 44.8 Å². The number of carbonyl (C=O) groups excluding carboxylic acids is 1. The van der Waals surface area contributed by atoms with E-state index in [9.17, 15) is 4.79 Å². The van der Waals surface area contributed by atoms with E-state index in [1.165, 1.54) is 0 Å². The quantitative estimate of drug-likeness (QED) is 0.529. The molecular weight excluding hydrogens is 362 g/mol. The predicted molar refractivity (Wildman–Crippen MR) is 115 cm³/mol. The molecule has 0 saturated heterocycles. The molecule has 6 heteroatoms. The van der Waals surface area contributed by atoms with E-state index in [-0.39, 0.29) is 5.91 Å². The molecule has 0 radical (unpaired) electrons. The lowest BCUT2D eigenvalue weighted by Gasteiger charge is -2.20. The van der Waals surface area contributed by atoms with Crippen molar-refractivity contribution in [2.45, 2.75) is 20.8 Å². The first-order chi connectivity index (χ1) is 13.8. The van der Waals surface area contributed by atoms with Crippen molar-refractivity contribution in [1.29, 1.82) is 0 Å². The molecule has 4 rings (SSSR count). The maximum atomic E-state index is 12.8. The topological polar surface area (TPSA) is 63.9 Å². The summed E-state index contributed by atoms with van der Waals surface area (Å²) < 4.78 is 1.58. The SMILES string of the molecule is Cc1cc(C)c2nc(-c3ccc(N(C)C(=O)c4ccnn4C)c(C)c3)ccc2n1. The monoisotopic (exact) mass is 385 g/mol. The van der Waals surface area contributed by atoms with Crippen molar-refractivity contribution in [3.05, 3.63) is 71.2 Å². The predicted octanol–water partition coefficient (Wildman–Crippen LogP) is 4.23. The molecule has 0 atom stereocenters. The van der Waals surface area contributed by atoms with Crippen LogP contribution < -0.4 is 4.90 Å². The van der Waals surface area contributed by atoms with Crippen LogP contribution in [-0.2, 0) is 7.05 Å². The van der Waals surface area contributed by atoms with Crippen LogP contribution in [-0.4, -0.2) is 32.7 Å². The summed E-state index contributed by atoms with van der Waals surface area (Å²) in [4.78, 5) is 23.8. The molecule has 0 aliphatic heterocycles. The molecule has 6 nitrogen and oxygen atoms in total. The summed E-state index contributed by atoms with van der Waals surface area (Å²) >= 11 is 0. The highest BCUT2D eigenvalue weighted by Crippen LogP contribution is 2.28. The molecule has 29 heavy (non-hydrogen) atoms. The Bertz CT molecular complexity index is 1240. The van der Waals surface area contributed by atoms with Crippen LogP contribution in [0.3, 0.4) is 0 Å². The van der Waals surface area contributed by atoms with Gasteiger partial charge in [0, 0.05) is 37.2 Å². The molecule has 0 aliphatic carbocycles. The number of aromatic nitrogens is 4. The first kappa shape index (κ1) is 18.8. The Labute approximate surface area is 169 Å². The Morgan fingerprint density at radius 3 is 2.45 bits per heavy atom. The second kappa shape index (κ2) is 7.13. The summed E-state index contributed by atoms with van der Waals surface area (Å²) in [5.74, 6) is -0.0956. The maximum absolute atomic E-state index is 12.8. The van der Waals surface area contributed by atoms with Crippen molar-refractivity contribution in [1.82, 2.24) is 19.7 Å². The molecule has 0 aliphatic rings. The van der Waals surface area contributed by atoms with E-state index in [2.05, 4.69) is 23.1 Å². The van der Waals surface area contributed by atoms with Gasteiger partial charge in [-0.3, -0.25) is 14.5 Å². The molecule has 3 aromatic heterocycles. The van der Waals surface area contributed by atoms with Gasteiger partial charge >= 0.3 is 0 Å². The Balaban J connectivity index is 1.69. The van der Waals surface area contributed by atoms with E-state index in [1.54, 1.807) is 35.9 Å². The molecule has 146 valence electrons. The summed E-state index contributed by atoms with van der Waals surface area (Å²) in [6, 6.07) is 13.8. The molecule has 3 heterocycles. The van der Waals surface area contributed by atoms with Gasteiger partial charge in [-0.1, -0.05) is 6.07 Å². The second-order valence-corrected chi connectivity index (χ2v) is 7.35. The Morgan fingerprint density at radius 2 is 1.76 bits per heavy atom. The number of benzene rings is 1. The number of nitrogens with zero attached hydrogens (tertiary/aromatic N) is 5. The van der Waals surface area contributed by atoms with Crippen LogP contribution in [0.25, 0.3) is 22.3 Å². The largest absolute Gasteiger partial charge is 0.310 e. The van der Waals surface area contributed by atoms with Gasteiger partial charge in [0.15, 0.2) is 0 Å². The number of fused-ring (bicyclic) bond motifs is 1. The minimum atomic E-state index is -0.0956. The fourth-order valence-corrected chi connectivity index (χ4v) is 3.65. The lowest BCUT2D eigenvalue weighted by atomic mass is 10.0. The van der Waals surface area contributed by atoms with E-state index >= 15 is 0 Å². The maximum Gasteiger partial charge on any atom is 0.276 e. The summed E-state index contributed by atoms with van der Waals surface area (Å²) in [6.07, 6.45) is 1.63. The fraction of sp³-hybridized carbons (Fsp3) is 0.217. The third-order valence-corrected chi connectivity index (χ3v) is 5.17. The summed E-state index contributed by atoms with van der Waals surface area (Å²) in [7, 11) is 3.55. The van der Waals surface area contributed by atoms with Gasteiger partial charge in [-0.05, 0) is 68.3 Å². The zero-order chi connectivity index (χ0) is 20.7. The molecule has 0 spiro atoms. The fourth-order valence-electron chi connectivity index (χ4n) is 3.65. The van der Waals surface area contributed by atoms with Crippen LogP contribution in [0.15, 0.2) is 48.7 Å². The van der Waals surface area contributed by atoms with E-state index in [0.29, 0.717) is 5.69 Å². The van der Waals surface area contributed by atoms with Crippen LogP contribution in [0.4, 0.5) is 5.69 Å². The van der Waals surface area contributed by atoms with Crippen LogP contribution >= 0.6 is 0 Å². The Kier molecular flexibility index (Phi) is 4.62. The number of hydrogen-bond acceptors (Lipinski definition) is 4. The van der Waals surface area contributed by atoms with Crippen LogP contribution in [0.1, 0.15) is 27.3 Å². The Morgan fingerprint density at radius 1 is 0.966 bits per heavy atom. The van der Waals surface area contributed by atoms with Gasteiger partial charge in [0.1, 0.15) is 5.69 Å². The molecule has 0 saturated carbocycles. The van der Waals surface area contributed by atoms with Crippen LogP contribution in [0.2, 0.25) is 0 Å². The number of aryl methyl sites for hydroxylation is 4. The minimum Gasteiger partial charge on any atom is -0.310 e. The van der Waals surface area contributed by atoms with Crippen molar-refractivity contribution in [2.24, 2.45) is 7.05 Å². The molecule has 1 aromatic carbocycles. The highest BCUT2D eigenvalue weighted by Gasteiger charge is 2.18. The number of hydrogen-bond donors (Lipinski definition) is 0. The van der Waals surface area contributed by atoms with Gasteiger partial charge in [0.05, 0.1) is 16.7 Å². The summed E-state index contributed by atoms with van der Waals surface area (Å²) in [6.45, 7) is 6.05. The molecule has 0 unspecified atom stereocenters. The van der Waals surface area contributed by atoms with E-state index < -0.39 is 0 Å². The molecule has 0 bridgehead atoms. The van der Waals surface area contributed by atoms with E-state index in [1.807, 2.05) is 44.2 Å². The standard InChI is InChI=1S/C23H23N5O/c1-14-13-17(18-7-8-19-22(26-18)15(2)12-16(3)25-19)6-9-20(14)27(4)23(29)21-10-11-24-28(21)5/h6-13H,1-5H3. The zero-order valence-electron chi connectivity index (χ0n) is 17.3. The van der Waals surface area contributed by atoms with Gasteiger partial charge in [-0.15, -0.1) is 0 Å². The van der Waals surface area contributed by atoms with Crippen molar-refractivity contribution < 1.29 is 4.79 Å². The molecular formula is C23H23N5O. The first-order valence-corrected chi connectivity index (χ1v) is 9.47. The number of rotatable bonds is 3. The number of amides is 1. The van der Waals surface area contributed by atoms with Crippen LogP contribution in [0.5, 0.6) is 0 Å². The third-order valence-electron chi connectivity index (χ3n) is 5.17. The van der Waals surface area contributed by atoms with E-state index in [4.69, 9.17) is 4.98 Å². The van der Waals surface area contributed by atoms with Gasteiger partial charge < -0.3 is 4.90 Å². The smallest absolute Gasteiger partial charge is 0.276 e. The Hall–Kier alpha value is -3.54. The zero-order valence-corrected chi connectivity index (χ0v) is 17.3. The van der Waals surface area contributed by atoms with Crippen LogP contribution in [0, 0.1) is 20.8 Å². The number of carbonyl (C=O) groups is 1. The highest BCUT2D eigenvalue weighted by atomic mass is 16.2. The number of pyridine rings is 2. The van der Waals surface area contributed by atoms with Gasteiger partial charge in [0.25, 0.3) is 5.91 Å². The van der Waals surface area contributed by atoms with Crippen molar-refractivity contribution in [3.63, 3.8) is 0 Å². The summed E-state index contributed by atoms with van der Waals surface area (Å²) in [5.41, 5.74) is 8.23. The summed E-state index contributed by atoms with van der Waals surface area (Å²) in [5, 5.41) is 4.08. The lowest BCUT2D eigenvalue weighted by molar-refractivity contribution is 0.0984. The van der Waals surface area contributed by atoms with Gasteiger partial charge in [0.2, 0.25) is 0 Å². The lowest BCUT2D eigenvalue weighted by Crippen LogP contribution is -2.28. The highest BCUT2D eigenvalue weighted by molar-refractivity contribution is 6.05. The molecule has 0 N–H and O–H groups in total. The van der Waals surface area contributed by atoms with Crippen molar-refractivity contribution in [2.75, 3.05) is 11.9 Å². The molecule has 4 aromatic rings. The minimum absolute atomic E-state index is 0.0956. The third kappa shape index (κ3) is 3.38.